The third-order valence-corrected chi connectivity index (χ3v) is 7.17. The Morgan fingerprint density at radius 3 is 1.22 bits per heavy atom. The Kier molecular flexibility index (Phi) is 5.46. The van der Waals surface area contributed by atoms with Gasteiger partial charge in [0.2, 0.25) is 0 Å². The molecule has 0 aliphatic carbocycles. The van der Waals surface area contributed by atoms with Crippen molar-refractivity contribution in [2.75, 3.05) is 0 Å². The molecule has 0 saturated heterocycles. The van der Waals surface area contributed by atoms with E-state index in [-0.39, 0.29) is 0 Å². The average molecular weight is 463 g/mol. The highest BCUT2D eigenvalue weighted by Gasteiger charge is 2.16. The SMILES string of the molecule is Cc1cc(C)cc(-c2cccc3c(-c4ccccc4)c4cccc(-c5cc(C)cc(C)c5)c4cc23)c1. The summed E-state index contributed by atoms with van der Waals surface area (Å²) in [7, 11) is 0. The second kappa shape index (κ2) is 8.81. The lowest BCUT2D eigenvalue weighted by Crippen LogP contribution is -1.91. The fraction of sp³-hybridized carbons (Fsp3) is 0.111. The lowest BCUT2D eigenvalue weighted by Gasteiger charge is -2.18. The summed E-state index contributed by atoms with van der Waals surface area (Å²) < 4.78 is 0. The normalized spacial score (nSPS) is 11.3. The average Bonchev–Trinajstić information content (AvgIpc) is 2.86. The molecule has 0 N–H and O–H groups in total. The summed E-state index contributed by atoms with van der Waals surface area (Å²) in [6, 6.07) is 40.5. The van der Waals surface area contributed by atoms with Crippen molar-refractivity contribution in [3.05, 3.63) is 131 Å². The van der Waals surface area contributed by atoms with Crippen molar-refractivity contribution >= 4 is 21.5 Å². The Hall–Kier alpha value is -4.16. The van der Waals surface area contributed by atoms with Gasteiger partial charge in [-0.05, 0) is 88.7 Å². The van der Waals surface area contributed by atoms with E-state index in [1.807, 2.05) is 0 Å². The van der Waals surface area contributed by atoms with Gasteiger partial charge in [-0.25, -0.2) is 0 Å². The predicted molar refractivity (Wildman–Crippen MR) is 157 cm³/mol. The molecule has 6 rings (SSSR count). The van der Waals surface area contributed by atoms with Crippen molar-refractivity contribution in [2.24, 2.45) is 0 Å². The number of aryl methyl sites for hydroxylation is 4. The molecule has 6 aromatic rings. The van der Waals surface area contributed by atoms with Crippen molar-refractivity contribution in [1.82, 2.24) is 0 Å². The van der Waals surface area contributed by atoms with Gasteiger partial charge < -0.3 is 0 Å². The van der Waals surface area contributed by atoms with Gasteiger partial charge in [-0.1, -0.05) is 125 Å². The first kappa shape index (κ1) is 22.3. The second-order valence-corrected chi connectivity index (χ2v) is 10.2. The molecule has 0 radical (unpaired) electrons. The van der Waals surface area contributed by atoms with Crippen molar-refractivity contribution in [3.63, 3.8) is 0 Å². The van der Waals surface area contributed by atoms with Gasteiger partial charge in [0.15, 0.2) is 0 Å². The molecule has 0 nitrogen and oxygen atoms in total. The molecule has 0 heterocycles. The van der Waals surface area contributed by atoms with E-state index in [0.29, 0.717) is 0 Å². The summed E-state index contributed by atoms with van der Waals surface area (Å²) >= 11 is 0. The number of rotatable bonds is 3. The number of hydrogen-bond acceptors (Lipinski definition) is 0. The third kappa shape index (κ3) is 3.89. The van der Waals surface area contributed by atoms with E-state index < -0.39 is 0 Å². The van der Waals surface area contributed by atoms with Crippen LogP contribution in [0.2, 0.25) is 0 Å². The second-order valence-electron chi connectivity index (χ2n) is 10.2. The number of benzene rings is 6. The summed E-state index contributed by atoms with van der Waals surface area (Å²) in [6.07, 6.45) is 0. The fourth-order valence-electron chi connectivity index (χ4n) is 5.85. The van der Waals surface area contributed by atoms with E-state index in [9.17, 15) is 0 Å². The van der Waals surface area contributed by atoms with Gasteiger partial charge >= 0.3 is 0 Å². The Morgan fingerprint density at radius 2 is 0.778 bits per heavy atom. The Morgan fingerprint density at radius 1 is 0.333 bits per heavy atom. The quantitative estimate of drug-likeness (QED) is 0.229. The first-order valence-electron chi connectivity index (χ1n) is 12.7. The summed E-state index contributed by atoms with van der Waals surface area (Å²) in [6.45, 7) is 8.74. The van der Waals surface area contributed by atoms with Gasteiger partial charge in [0.25, 0.3) is 0 Å². The van der Waals surface area contributed by atoms with Crippen LogP contribution in [0.25, 0.3) is 54.9 Å². The minimum Gasteiger partial charge on any atom is -0.0622 e. The molecule has 6 aromatic carbocycles. The topological polar surface area (TPSA) is 0 Å². The van der Waals surface area contributed by atoms with Crippen LogP contribution in [0.4, 0.5) is 0 Å². The highest BCUT2D eigenvalue weighted by molar-refractivity contribution is 6.18. The molecule has 36 heavy (non-hydrogen) atoms. The molecule has 0 aromatic heterocycles. The molecule has 0 aliphatic heterocycles. The zero-order valence-corrected chi connectivity index (χ0v) is 21.4. The van der Waals surface area contributed by atoms with Gasteiger partial charge in [0, 0.05) is 0 Å². The van der Waals surface area contributed by atoms with E-state index >= 15 is 0 Å². The third-order valence-electron chi connectivity index (χ3n) is 7.17. The summed E-state index contributed by atoms with van der Waals surface area (Å²) in [5.41, 5.74) is 12.9. The molecule has 0 atom stereocenters. The highest BCUT2D eigenvalue weighted by Crippen LogP contribution is 2.43. The molecule has 0 saturated carbocycles. The van der Waals surface area contributed by atoms with E-state index in [4.69, 9.17) is 0 Å². The van der Waals surface area contributed by atoms with Gasteiger partial charge in [-0.2, -0.15) is 0 Å². The molecule has 0 aliphatic rings. The van der Waals surface area contributed by atoms with Crippen molar-refractivity contribution in [2.45, 2.75) is 27.7 Å². The van der Waals surface area contributed by atoms with E-state index in [1.54, 1.807) is 0 Å². The van der Waals surface area contributed by atoms with Crippen LogP contribution in [0.5, 0.6) is 0 Å². The fourth-order valence-corrected chi connectivity index (χ4v) is 5.85. The monoisotopic (exact) mass is 462 g/mol. The molecule has 174 valence electrons. The lowest BCUT2D eigenvalue weighted by molar-refractivity contribution is 1.39. The smallest absolute Gasteiger partial charge is 0.00264 e. The minimum absolute atomic E-state index is 1.25. The van der Waals surface area contributed by atoms with Crippen LogP contribution in [0.15, 0.2) is 109 Å². The lowest BCUT2D eigenvalue weighted by atomic mass is 9.86. The van der Waals surface area contributed by atoms with E-state index in [0.717, 1.165) is 0 Å². The Balaban J connectivity index is 1.78. The van der Waals surface area contributed by atoms with Gasteiger partial charge in [0.1, 0.15) is 0 Å². The van der Waals surface area contributed by atoms with Crippen molar-refractivity contribution in [3.8, 4) is 33.4 Å². The van der Waals surface area contributed by atoms with Crippen LogP contribution in [-0.2, 0) is 0 Å². The maximum atomic E-state index is 2.43. The number of fused-ring (bicyclic) bond motifs is 2. The van der Waals surface area contributed by atoms with E-state index in [1.165, 1.54) is 77.2 Å². The summed E-state index contributed by atoms with van der Waals surface area (Å²) in [5, 5.41) is 5.18. The van der Waals surface area contributed by atoms with Crippen LogP contribution in [0.3, 0.4) is 0 Å². The van der Waals surface area contributed by atoms with Crippen molar-refractivity contribution in [1.29, 1.82) is 0 Å². The van der Waals surface area contributed by atoms with Gasteiger partial charge in [-0.15, -0.1) is 0 Å². The van der Waals surface area contributed by atoms with E-state index in [2.05, 4.69) is 137 Å². The van der Waals surface area contributed by atoms with Crippen LogP contribution < -0.4 is 0 Å². The zero-order valence-electron chi connectivity index (χ0n) is 21.4. The maximum Gasteiger partial charge on any atom is -0.00264 e. The molecule has 0 heteroatoms. The summed E-state index contributed by atoms with van der Waals surface area (Å²) in [5.74, 6) is 0. The predicted octanol–water partition coefficient (Wildman–Crippen LogP) is 10.2. The van der Waals surface area contributed by atoms with Crippen LogP contribution in [0.1, 0.15) is 22.3 Å². The first-order valence-corrected chi connectivity index (χ1v) is 12.7. The minimum atomic E-state index is 1.25. The van der Waals surface area contributed by atoms with Crippen LogP contribution in [-0.4, -0.2) is 0 Å². The van der Waals surface area contributed by atoms with Crippen LogP contribution in [0, 0.1) is 27.7 Å². The standard InChI is InChI=1S/C36H30/c1-23-16-24(2)19-28(18-23)30-12-8-14-32-34(30)22-35-31(29-20-25(3)17-26(4)21-29)13-9-15-33(35)36(32)27-10-6-5-7-11-27/h5-22H,1-4H3. The van der Waals surface area contributed by atoms with Crippen molar-refractivity contribution < 1.29 is 0 Å². The number of hydrogen-bond donors (Lipinski definition) is 0. The molecule has 0 spiro atoms. The molecule has 0 unspecified atom stereocenters. The zero-order chi connectivity index (χ0) is 24.8. The largest absolute Gasteiger partial charge is 0.0622 e. The summed E-state index contributed by atoms with van der Waals surface area (Å²) in [4.78, 5) is 0. The first-order chi connectivity index (χ1) is 17.5. The molecule has 0 amide bonds. The molecule has 0 bridgehead atoms. The van der Waals surface area contributed by atoms with Gasteiger partial charge in [-0.3, -0.25) is 0 Å². The Bertz CT molecular complexity index is 1600. The molecule has 0 fully saturated rings. The maximum absolute atomic E-state index is 2.43. The van der Waals surface area contributed by atoms with Crippen LogP contribution >= 0.6 is 0 Å². The Labute approximate surface area is 213 Å². The molecular formula is C36H30. The molecular weight excluding hydrogens is 432 g/mol. The highest BCUT2D eigenvalue weighted by atomic mass is 14.2. The van der Waals surface area contributed by atoms with Gasteiger partial charge in [0.05, 0.1) is 0 Å².